The zero-order valence-electron chi connectivity index (χ0n) is 8.87. The number of aliphatic hydroxyl groups excluding tert-OH is 1. The van der Waals surface area contributed by atoms with E-state index in [9.17, 15) is 5.11 Å². The second-order valence-corrected chi connectivity index (χ2v) is 4.86. The first-order valence-corrected chi connectivity index (χ1v) is 5.78. The van der Waals surface area contributed by atoms with Gasteiger partial charge in [-0.25, -0.2) is 0 Å². The highest BCUT2D eigenvalue weighted by atomic mass is 79.9. The van der Waals surface area contributed by atoms with Gasteiger partial charge in [-0.05, 0) is 17.7 Å². The van der Waals surface area contributed by atoms with Gasteiger partial charge in [0.25, 0.3) is 0 Å². The Labute approximate surface area is 97.7 Å². The second-order valence-electron chi connectivity index (χ2n) is 3.94. The molecule has 1 N–H and O–H groups in total. The predicted molar refractivity (Wildman–Crippen MR) is 66.1 cm³/mol. The molecule has 0 spiro atoms. The standard InChI is InChI=1S/C12H14BrNO/c1-8(7-15)11-6-14(2)12-5-9(13)3-4-10(11)12/h3-6,8,15H,7H2,1-2H3. The minimum atomic E-state index is 0.190. The number of aryl methyl sites for hydroxylation is 1. The molecule has 1 atom stereocenters. The number of aliphatic hydroxyl groups is 1. The lowest BCUT2D eigenvalue weighted by Crippen LogP contribution is -1.97. The third-order valence-electron chi connectivity index (χ3n) is 2.79. The minimum Gasteiger partial charge on any atom is -0.396 e. The number of aromatic nitrogens is 1. The average Bonchev–Trinajstić information content (AvgIpc) is 2.55. The molecule has 0 bridgehead atoms. The summed E-state index contributed by atoms with van der Waals surface area (Å²) in [6, 6.07) is 6.24. The van der Waals surface area contributed by atoms with Gasteiger partial charge in [0.05, 0.1) is 0 Å². The molecule has 2 aromatic rings. The van der Waals surface area contributed by atoms with E-state index in [1.807, 2.05) is 20.0 Å². The molecule has 0 radical (unpaired) electrons. The van der Waals surface area contributed by atoms with Gasteiger partial charge >= 0.3 is 0 Å². The van der Waals surface area contributed by atoms with Crippen LogP contribution in [0.15, 0.2) is 28.9 Å². The van der Waals surface area contributed by atoms with Crippen molar-refractivity contribution in [3.05, 3.63) is 34.4 Å². The number of hydrogen-bond donors (Lipinski definition) is 1. The van der Waals surface area contributed by atoms with Crippen molar-refractivity contribution in [2.45, 2.75) is 12.8 Å². The molecule has 0 aliphatic heterocycles. The molecule has 2 nitrogen and oxygen atoms in total. The molecule has 0 aliphatic carbocycles. The van der Waals surface area contributed by atoms with E-state index in [4.69, 9.17) is 0 Å². The van der Waals surface area contributed by atoms with Crippen LogP contribution in [0.25, 0.3) is 10.9 Å². The smallest absolute Gasteiger partial charge is 0.0497 e. The third-order valence-corrected chi connectivity index (χ3v) is 3.28. The highest BCUT2D eigenvalue weighted by molar-refractivity contribution is 9.10. The summed E-state index contributed by atoms with van der Waals surface area (Å²) in [5.74, 6) is 0.190. The second kappa shape index (κ2) is 3.99. The van der Waals surface area contributed by atoms with Gasteiger partial charge in [-0.2, -0.15) is 0 Å². The molecule has 1 aromatic heterocycles. The first-order chi connectivity index (χ1) is 7.13. The van der Waals surface area contributed by atoms with Crippen LogP contribution in [-0.4, -0.2) is 16.3 Å². The van der Waals surface area contributed by atoms with Gasteiger partial charge in [0.2, 0.25) is 0 Å². The summed E-state index contributed by atoms with van der Waals surface area (Å²) in [5, 5.41) is 10.4. The Morgan fingerprint density at radius 2 is 2.20 bits per heavy atom. The van der Waals surface area contributed by atoms with E-state index in [-0.39, 0.29) is 12.5 Å². The Morgan fingerprint density at radius 3 is 2.87 bits per heavy atom. The Kier molecular flexibility index (Phi) is 2.85. The van der Waals surface area contributed by atoms with E-state index in [2.05, 4.69) is 38.8 Å². The van der Waals surface area contributed by atoms with Crippen molar-refractivity contribution in [3.8, 4) is 0 Å². The van der Waals surface area contributed by atoms with Crippen molar-refractivity contribution in [2.75, 3.05) is 6.61 Å². The molecule has 3 heteroatoms. The van der Waals surface area contributed by atoms with Gasteiger partial charge in [-0.3, -0.25) is 0 Å². The zero-order chi connectivity index (χ0) is 11.0. The summed E-state index contributed by atoms with van der Waals surface area (Å²) < 4.78 is 3.18. The Balaban J connectivity index is 2.68. The number of fused-ring (bicyclic) bond motifs is 1. The SMILES string of the molecule is CC(CO)c1cn(C)c2cc(Br)ccc12. The summed E-state index contributed by atoms with van der Waals surface area (Å²) >= 11 is 3.47. The first kappa shape index (κ1) is 10.7. The lowest BCUT2D eigenvalue weighted by atomic mass is 10.0. The van der Waals surface area contributed by atoms with Crippen molar-refractivity contribution in [1.29, 1.82) is 0 Å². The van der Waals surface area contributed by atoms with Crippen LogP contribution in [0, 0.1) is 0 Å². The summed E-state index contributed by atoms with van der Waals surface area (Å²) in [4.78, 5) is 0. The number of nitrogens with zero attached hydrogens (tertiary/aromatic N) is 1. The van der Waals surface area contributed by atoms with Crippen LogP contribution in [0.4, 0.5) is 0 Å². The molecular formula is C12H14BrNO. The summed E-state index contributed by atoms with van der Waals surface area (Å²) in [6.45, 7) is 2.23. The highest BCUT2D eigenvalue weighted by Gasteiger charge is 2.12. The summed E-state index contributed by atoms with van der Waals surface area (Å²) in [5.41, 5.74) is 2.40. The van der Waals surface area contributed by atoms with E-state index >= 15 is 0 Å². The molecule has 1 aromatic carbocycles. The van der Waals surface area contributed by atoms with Crippen molar-refractivity contribution >= 4 is 26.8 Å². The molecule has 1 heterocycles. The lowest BCUT2D eigenvalue weighted by molar-refractivity contribution is 0.273. The quantitative estimate of drug-likeness (QED) is 0.889. The largest absolute Gasteiger partial charge is 0.396 e. The summed E-state index contributed by atoms with van der Waals surface area (Å²) in [7, 11) is 2.03. The van der Waals surface area contributed by atoms with Crippen LogP contribution in [-0.2, 0) is 7.05 Å². The minimum absolute atomic E-state index is 0.190. The highest BCUT2D eigenvalue weighted by Crippen LogP contribution is 2.28. The van der Waals surface area contributed by atoms with E-state index in [1.54, 1.807) is 0 Å². The van der Waals surface area contributed by atoms with Crippen LogP contribution in [0.5, 0.6) is 0 Å². The van der Waals surface area contributed by atoms with Crippen molar-refractivity contribution < 1.29 is 5.11 Å². The van der Waals surface area contributed by atoms with Crippen molar-refractivity contribution in [2.24, 2.45) is 7.05 Å². The number of halogens is 1. The maximum absolute atomic E-state index is 9.19. The van der Waals surface area contributed by atoms with E-state index in [1.165, 1.54) is 16.5 Å². The van der Waals surface area contributed by atoms with Gasteiger partial charge in [-0.15, -0.1) is 0 Å². The van der Waals surface area contributed by atoms with Crippen LogP contribution in [0.3, 0.4) is 0 Å². The molecular weight excluding hydrogens is 254 g/mol. The number of benzene rings is 1. The fraction of sp³-hybridized carbons (Fsp3) is 0.333. The molecule has 0 saturated carbocycles. The fourth-order valence-corrected chi connectivity index (χ4v) is 2.23. The normalized spacial score (nSPS) is 13.3. The van der Waals surface area contributed by atoms with Gasteiger partial charge in [-0.1, -0.05) is 28.9 Å². The molecule has 0 aliphatic rings. The summed E-state index contributed by atoms with van der Waals surface area (Å²) in [6.07, 6.45) is 2.10. The number of hydrogen-bond acceptors (Lipinski definition) is 1. The van der Waals surface area contributed by atoms with Crippen molar-refractivity contribution in [3.63, 3.8) is 0 Å². The zero-order valence-corrected chi connectivity index (χ0v) is 10.5. The monoisotopic (exact) mass is 267 g/mol. The van der Waals surface area contributed by atoms with Gasteiger partial charge < -0.3 is 9.67 Å². The van der Waals surface area contributed by atoms with Gasteiger partial charge in [0.15, 0.2) is 0 Å². The Hall–Kier alpha value is -0.800. The molecule has 2 rings (SSSR count). The third kappa shape index (κ3) is 1.82. The van der Waals surface area contributed by atoms with E-state index < -0.39 is 0 Å². The van der Waals surface area contributed by atoms with Crippen LogP contribution < -0.4 is 0 Å². The maximum Gasteiger partial charge on any atom is 0.0497 e. The van der Waals surface area contributed by atoms with Crippen LogP contribution in [0.1, 0.15) is 18.4 Å². The topological polar surface area (TPSA) is 25.2 Å². The van der Waals surface area contributed by atoms with Crippen LogP contribution >= 0.6 is 15.9 Å². The maximum atomic E-state index is 9.19. The molecule has 0 amide bonds. The van der Waals surface area contributed by atoms with Crippen LogP contribution in [0.2, 0.25) is 0 Å². The van der Waals surface area contributed by atoms with E-state index in [0.717, 1.165) is 4.47 Å². The number of rotatable bonds is 2. The molecule has 1 unspecified atom stereocenters. The molecule has 0 fully saturated rings. The Morgan fingerprint density at radius 1 is 1.47 bits per heavy atom. The van der Waals surface area contributed by atoms with Gasteiger partial charge in [0, 0.05) is 41.1 Å². The molecule has 15 heavy (non-hydrogen) atoms. The average molecular weight is 268 g/mol. The molecule has 80 valence electrons. The van der Waals surface area contributed by atoms with E-state index in [0.29, 0.717) is 0 Å². The van der Waals surface area contributed by atoms with Gasteiger partial charge in [0.1, 0.15) is 0 Å². The van der Waals surface area contributed by atoms with Crippen molar-refractivity contribution in [1.82, 2.24) is 4.57 Å². The first-order valence-electron chi connectivity index (χ1n) is 4.99. The lowest BCUT2D eigenvalue weighted by Gasteiger charge is -2.05. The molecule has 0 saturated heterocycles. The Bertz CT molecular complexity index is 490. The fourth-order valence-electron chi connectivity index (χ4n) is 1.88. The predicted octanol–water partition coefficient (Wildman–Crippen LogP) is 3.04.